The van der Waals surface area contributed by atoms with Crippen LogP contribution in [0.15, 0.2) is 29.4 Å². The Hall–Kier alpha value is -1.55. The molecule has 4 nitrogen and oxygen atoms in total. The molecule has 1 aromatic rings. The molecule has 1 rings (SSSR count). The van der Waals surface area contributed by atoms with Crippen molar-refractivity contribution in [2.24, 2.45) is 11.0 Å². The molecule has 1 N–H and O–H groups in total. The molecule has 0 aliphatic carbocycles. The zero-order valence-corrected chi connectivity index (χ0v) is 11.4. The molecule has 1 amide bonds. The average Bonchev–Trinajstić information content (AvgIpc) is 2.31. The van der Waals surface area contributed by atoms with Crippen molar-refractivity contribution in [1.29, 1.82) is 0 Å². The number of hydrogen-bond acceptors (Lipinski definition) is 3. The van der Waals surface area contributed by atoms with Crippen molar-refractivity contribution >= 4 is 23.7 Å². The molecule has 0 saturated heterocycles. The largest absolute Gasteiger partial charge is 0.481 e. The monoisotopic (exact) mass is 268 g/mol. The fraction of sp³-hybridized carbons (Fsp3) is 0.385. The summed E-state index contributed by atoms with van der Waals surface area (Å²) in [6, 6.07) is 6.84. The summed E-state index contributed by atoms with van der Waals surface area (Å²) in [6.07, 6.45) is 1.04. The van der Waals surface area contributed by atoms with E-state index >= 15 is 0 Å². The molecule has 0 aliphatic rings. The van der Waals surface area contributed by atoms with Gasteiger partial charge in [-0.25, -0.2) is 5.43 Å². The third kappa shape index (κ3) is 5.19. The van der Waals surface area contributed by atoms with Gasteiger partial charge in [-0.05, 0) is 37.1 Å². The van der Waals surface area contributed by atoms with Crippen molar-refractivity contribution in [3.63, 3.8) is 0 Å². The van der Waals surface area contributed by atoms with Gasteiger partial charge in [-0.15, -0.1) is 0 Å². The summed E-state index contributed by atoms with van der Waals surface area (Å²) in [5, 5.41) is 4.45. The zero-order chi connectivity index (χ0) is 13.5. The normalized spacial score (nSPS) is 12.7. The standard InChI is InChI=1S/C13H17ClN2O2/c1-9(2)8-15-16-13(17)10(3)18-12-6-4-11(14)5-7-12/h4-10H,1-3H3,(H,16,17). The number of halogens is 1. The number of nitrogens with zero attached hydrogens (tertiary/aromatic N) is 1. The van der Waals surface area contributed by atoms with Gasteiger partial charge in [0, 0.05) is 11.2 Å². The zero-order valence-electron chi connectivity index (χ0n) is 10.7. The lowest BCUT2D eigenvalue weighted by atomic mass is 10.3. The first-order valence-electron chi connectivity index (χ1n) is 5.74. The van der Waals surface area contributed by atoms with Crippen LogP contribution < -0.4 is 10.2 Å². The minimum atomic E-state index is -0.615. The van der Waals surface area contributed by atoms with E-state index in [0.29, 0.717) is 10.8 Å². The van der Waals surface area contributed by atoms with Crippen LogP contribution in [0.4, 0.5) is 0 Å². The molecule has 5 heteroatoms. The third-order valence-electron chi connectivity index (χ3n) is 2.04. The van der Waals surface area contributed by atoms with E-state index in [-0.39, 0.29) is 11.8 Å². The van der Waals surface area contributed by atoms with Crippen LogP contribution in [0.5, 0.6) is 5.75 Å². The smallest absolute Gasteiger partial charge is 0.280 e. The van der Waals surface area contributed by atoms with Gasteiger partial charge >= 0.3 is 0 Å². The number of carbonyl (C=O) groups excluding carboxylic acids is 1. The third-order valence-corrected chi connectivity index (χ3v) is 2.30. The SMILES string of the molecule is CC(C)C=NNC(=O)C(C)Oc1ccc(Cl)cc1. The molecule has 1 aromatic carbocycles. The van der Waals surface area contributed by atoms with Gasteiger partial charge in [0.1, 0.15) is 5.75 Å². The van der Waals surface area contributed by atoms with E-state index < -0.39 is 6.10 Å². The van der Waals surface area contributed by atoms with Crippen LogP contribution in [0, 0.1) is 5.92 Å². The number of rotatable bonds is 5. The molecule has 1 atom stereocenters. The average molecular weight is 269 g/mol. The van der Waals surface area contributed by atoms with Crippen molar-refractivity contribution in [1.82, 2.24) is 5.43 Å². The van der Waals surface area contributed by atoms with Crippen LogP contribution in [-0.2, 0) is 4.79 Å². The van der Waals surface area contributed by atoms with Gasteiger partial charge in [0.2, 0.25) is 0 Å². The van der Waals surface area contributed by atoms with Crippen LogP contribution in [0.25, 0.3) is 0 Å². The molecule has 0 bridgehead atoms. The molecule has 0 aromatic heterocycles. The maximum atomic E-state index is 11.6. The topological polar surface area (TPSA) is 50.7 Å². The minimum absolute atomic E-state index is 0.290. The predicted molar refractivity (Wildman–Crippen MR) is 73.0 cm³/mol. The Kier molecular flexibility index (Phi) is 5.65. The molecule has 0 spiro atoms. The number of nitrogens with one attached hydrogen (secondary N) is 1. The van der Waals surface area contributed by atoms with E-state index in [1.54, 1.807) is 37.4 Å². The molecular weight excluding hydrogens is 252 g/mol. The second kappa shape index (κ2) is 7.01. The Labute approximate surface area is 112 Å². The van der Waals surface area contributed by atoms with Gasteiger partial charge in [-0.1, -0.05) is 25.4 Å². The van der Waals surface area contributed by atoms with Crippen molar-refractivity contribution in [2.45, 2.75) is 26.9 Å². The lowest BCUT2D eigenvalue weighted by Gasteiger charge is -2.12. The maximum absolute atomic E-state index is 11.6. The molecule has 18 heavy (non-hydrogen) atoms. The molecule has 0 fully saturated rings. The van der Waals surface area contributed by atoms with Crippen LogP contribution in [0.3, 0.4) is 0 Å². The highest BCUT2D eigenvalue weighted by Crippen LogP contribution is 2.16. The first kappa shape index (κ1) is 14.5. The summed E-state index contributed by atoms with van der Waals surface area (Å²) in [5.41, 5.74) is 2.42. The molecule has 0 aliphatic heterocycles. The summed E-state index contributed by atoms with van der Waals surface area (Å²) < 4.78 is 5.44. The van der Waals surface area contributed by atoms with Crippen LogP contribution in [0.1, 0.15) is 20.8 Å². The summed E-state index contributed by atoms with van der Waals surface area (Å²) in [6.45, 7) is 5.61. The highest BCUT2D eigenvalue weighted by Gasteiger charge is 2.13. The Morgan fingerprint density at radius 3 is 2.50 bits per heavy atom. The van der Waals surface area contributed by atoms with E-state index in [1.165, 1.54) is 0 Å². The van der Waals surface area contributed by atoms with E-state index in [9.17, 15) is 4.79 Å². The first-order valence-corrected chi connectivity index (χ1v) is 6.12. The number of ether oxygens (including phenoxy) is 1. The number of hydrazone groups is 1. The van der Waals surface area contributed by atoms with Crippen molar-refractivity contribution < 1.29 is 9.53 Å². The Balaban J connectivity index is 2.47. The molecule has 0 saturated carbocycles. The Morgan fingerprint density at radius 2 is 1.94 bits per heavy atom. The second-order valence-electron chi connectivity index (χ2n) is 4.21. The Bertz CT molecular complexity index is 416. The molecule has 0 heterocycles. The minimum Gasteiger partial charge on any atom is -0.481 e. The van der Waals surface area contributed by atoms with Crippen molar-refractivity contribution in [3.05, 3.63) is 29.3 Å². The number of hydrogen-bond donors (Lipinski definition) is 1. The fourth-order valence-corrected chi connectivity index (χ4v) is 1.24. The number of amides is 1. The summed E-state index contributed by atoms with van der Waals surface area (Å²) in [7, 11) is 0. The number of carbonyl (C=O) groups is 1. The lowest BCUT2D eigenvalue weighted by molar-refractivity contribution is -0.127. The second-order valence-corrected chi connectivity index (χ2v) is 4.65. The van der Waals surface area contributed by atoms with Crippen molar-refractivity contribution in [2.75, 3.05) is 0 Å². The lowest BCUT2D eigenvalue weighted by Crippen LogP contribution is -2.33. The number of benzene rings is 1. The van der Waals surface area contributed by atoms with Crippen molar-refractivity contribution in [3.8, 4) is 5.75 Å². The van der Waals surface area contributed by atoms with Gasteiger partial charge < -0.3 is 4.74 Å². The maximum Gasteiger partial charge on any atom is 0.280 e. The summed E-state index contributed by atoms with van der Waals surface area (Å²) >= 11 is 5.75. The quantitative estimate of drug-likeness (QED) is 0.659. The predicted octanol–water partition coefficient (Wildman–Crippen LogP) is 2.87. The molecule has 1 unspecified atom stereocenters. The highest BCUT2D eigenvalue weighted by molar-refractivity contribution is 6.30. The van der Waals surface area contributed by atoms with E-state index in [2.05, 4.69) is 10.5 Å². The van der Waals surface area contributed by atoms with Gasteiger partial charge in [-0.3, -0.25) is 4.79 Å². The fourth-order valence-electron chi connectivity index (χ4n) is 1.11. The van der Waals surface area contributed by atoms with Gasteiger partial charge in [0.25, 0.3) is 5.91 Å². The van der Waals surface area contributed by atoms with E-state index in [4.69, 9.17) is 16.3 Å². The van der Waals surface area contributed by atoms with E-state index in [0.717, 1.165) is 0 Å². The van der Waals surface area contributed by atoms with Gasteiger partial charge in [0.15, 0.2) is 6.10 Å². The Morgan fingerprint density at radius 1 is 1.33 bits per heavy atom. The molecule has 98 valence electrons. The highest BCUT2D eigenvalue weighted by atomic mass is 35.5. The summed E-state index contributed by atoms with van der Waals surface area (Å²) in [4.78, 5) is 11.6. The van der Waals surface area contributed by atoms with Gasteiger partial charge in [0.05, 0.1) is 0 Å². The molecular formula is C13H17ClN2O2. The van der Waals surface area contributed by atoms with Crippen LogP contribution in [0.2, 0.25) is 5.02 Å². The van der Waals surface area contributed by atoms with Crippen LogP contribution in [-0.4, -0.2) is 18.2 Å². The van der Waals surface area contributed by atoms with Crippen LogP contribution >= 0.6 is 11.6 Å². The summed E-state index contributed by atoms with van der Waals surface area (Å²) in [5.74, 6) is 0.592. The first-order chi connectivity index (χ1) is 8.49. The molecule has 0 radical (unpaired) electrons. The van der Waals surface area contributed by atoms with Gasteiger partial charge in [-0.2, -0.15) is 5.10 Å². The van der Waals surface area contributed by atoms with E-state index in [1.807, 2.05) is 13.8 Å².